The first-order valence-corrected chi connectivity index (χ1v) is 12.2. The van der Waals surface area contributed by atoms with Crippen molar-refractivity contribution in [3.05, 3.63) is 76.1 Å². The summed E-state index contributed by atoms with van der Waals surface area (Å²) in [7, 11) is -3.82. The SMILES string of the molecule is C[C@H](c1ccc(Cl)cn1)[C@H](C)S(=O)(=O)Cc1nnc(-c2cccnc2)n1-c1c(O)nc[nH]c1=O. The molecule has 13 heteroatoms. The van der Waals surface area contributed by atoms with Gasteiger partial charge in [-0.15, -0.1) is 10.2 Å². The van der Waals surface area contributed by atoms with E-state index in [9.17, 15) is 18.3 Å². The molecule has 2 atom stereocenters. The maximum atomic E-state index is 13.4. The van der Waals surface area contributed by atoms with Crippen LogP contribution in [0.5, 0.6) is 5.88 Å². The van der Waals surface area contributed by atoms with Crippen molar-refractivity contribution >= 4 is 21.4 Å². The molecule has 4 rings (SSSR count). The largest absolute Gasteiger partial charge is 0.492 e. The van der Waals surface area contributed by atoms with Crippen molar-refractivity contribution < 1.29 is 13.5 Å². The highest BCUT2D eigenvalue weighted by molar-refractivity contribution is 7.91. The minimum Gasteiger partial charge on any atom is -0.492 e. The number of pyridine rings is 2. The monoisotopic (exact) mass is 501 g/mol. The highest BCUT2D eigenvalue weighted by Gasteiger charge is 2.32. The van der Waals surface area contributed by atoms with Gasteiger partial charge in [-0.2, -0.15) is 0 Å². The lowest BCUT2D eigenvalue weighted by Gasteiger charge is -2.20. The molecular weight excluding hydrogens is 482 g/mol. The molecule has 0 aliphatic carbocycles. The fourth-order valence-corrected chi connectivity index (χ4v) is 5.11. The quantitative estimate of drug-likeness (QED) is 0.387. The fraction of sp³-hybridized carbons (Fsp3) is 0.238. The summed E-state index contributed by atoms with van der Waals surface area (Å²) in [6, 6.07) is 6.65. The third-order valence-electron chi connectivity index (χ3n) is 5.50. The van der Waals surface area contributed by atoms with Gasteiger partial charge in [0, 0.05) is 35.8 Å². The number of hydrogen-bond acceptors (Lipinski definition) is 9. The number of rotatable bonds is 7. The van der Waals surface area contributed by atoms with Gasteiger partial charge >= 0.3 is 0 Å². The van der Waals surface area contributed by atoms with Crippen LogP contribution in [-0.2, 0) is 15.6 Å². The number of aromatic hydroxyl groups is 1. The highest BCUT2D eigenvalue weighted by Crippen LogP contribution is 2.29. The van der Waals surface area contributed by atoms with E-state index >= 15 is 0 Å². The van der Waals surface area contributed by atoms with Crippen molar-refractivity contribution in [3.63, 3.8) is 0 Å². The number of aromatic amines is 1. The van der Waals surface area contributed by atoms with E-state index in [1.54, 1.807) is 44.3 Å². The third kappa shape index (κ3) is 4.54. The lowest BCUT2D eigenvalue weighted by molar-refractivity contribution is 0.447. The fourth-order valence-electron chi connectivity index (χ4n) is 3.43. The van der Waals surface area contributed by atoms with E-state index in [0.29, 0.717) is 16.3 Å². The van der Waals surface area contributed by atoms with Crippen LogP contribution in [0.3, 0.4) is 0 Å². The Labute approximate surface area is 199 Å². The minimum absolute atomic E-state index is 0.0595. The van der Waals surface area contributed by atoms with Crippen LogP contribution >= 0.6 is 11.6 Å². The van der Waals surface area contributed by atoms with Crippen LogP contribution in [0.25, 0.3) is 17.1 Å². The normalized spacial score (nSPS) is 13.5. The molecule has 4 aromatic rings. The summed E-state index contributed by atoms with van der Waals surface area (Å²) < 4.78 is 27.9. The molecule has 0 amide bonds. The Morgan fingerprint density at radius 1 is 1.15 bits per heavy atom. The summed E-state index contributed by atoms with van der Waals surface area (Å²) in [6.45, 7) is 3.33. The molecule has 176 valence electrons. The van der Waals surface area contributed by atoms with Gasteiger partial charge in [-0.05, 0) is 31.2 Å². The van der Waals surface area contributed by atoms with Crippen molar-refractivity contribution in [1.82, 2.24) is 34.7 Å². The van der Waals surface area contributed by atoms with E-state index < -0.39 is 38.2 Å². The number of aromatic nitrogens is 7. The van der Waals surface area contributed by atoms with Gasteiger partial charge in [-0.1, -0.05) is 18.5 Å². The second kappa shape index (κ2) is 9.31. The Hall–Kier alpha value is -3.64. The van der Waals surface area contributed by atoms with E-state index in [1.807, 2.05) is 0 Å². The summed E-state index contributed by atoms with van der Waals surface area (Å²) in [6.07, 6.45) is 5.53. The molecule has 0 spiro atoms. The zero-order valence-electron chi connectivity index (χ0n) is 18.1. The first-order valence-electron chi connectivity index (χ1n) is 10.1. The van der Waals surface area contributed by atoms with Gasteiger partial charge in [0.15, 0.2) is 27.2 Å². The van der Waals surface area contributed by atoms with E-state index in [1.165, 1.54) is 17.0 Å². The Morgan fingerprint density at radius 2 is 1.94 bits per heavy atom. The number of hydrogen-bond donors (Lipinski definition) is 2. The van der Waals surface area contributed by atoms with Crippen molar-refractivity contribution in [2.45, 2.75) is 30.8 Å². The second-order valence-electron chi connectivity index (χ2n) is 7.62. The number of H-pyrrole nitrogens is 1. The lowest BCUT2D eigenvalue weighted by Crippen LogP contribution is -2.27. The molecule has 0 fully saturated rings. The van der Waals surface area contributed by atoms with Crippen LogP contribution in [-0.4, -0.2) is 53.5 Å². The van der Waals surface area contributed by atoms with Crippen molar-refractivity contribution in [2.24, 2.45) is 0 Å². The predicted octanol–water partition coefficient (Wildman–Crippen LogP) is 2.27. The van der Waals surface area contributed by atoms with E-state index in [-0.39, 0.29) is 17.3 Å². The Balaban J connectivity index is 1.78. The molecule has 0 aromatic carbocycles. The van der Waals surface area contributed by atoms with Gasteiger partial charge in [0.25, 0.3) is 5.56 Å². The molecule has 0 aliphatic heterocycles. The van der Waals surface area contributed by atoms with Crippen molar-refractivity contribution in [1.29, 1.82) is 0 Å². The van der Waals surface area contributed by atoms with Gasteiger partial charge in [-0.3, -0.25) is 19.3 Å². The number of sulfone groups is 1. The molecule has 0 aliphatic rings. The van der Waals surface area contributed by atoms with Crippen LogP contribution in [0, 0.1) is 0 Å². The number of halogens is 1. The zero-order valence-corrected chi connectivity index (χ0v) is 19.7. The summed E-state index contributed by atoms with van der Waals surface area (Å²) in [5, 5.41) is 18.1. The predicted molar refractivity (Wildman–Crippen MR) is 124 cm³/mol. The average molecular weight is 502 g/mol. The topological polar surface area (TPSA) is 157 Å². The second-order valence-corrected chi connectivity index (χ2v) is 10.4. The Morgan fingerprint density at radius 3 is 2.59 bits per heavy atom. The standard InChI is InChI=1S/C21H20ClN7O4S/c1-12(16-6-5-15(22)9-24-16)13(2)34(32,33)10-17-27-28-19(14-4-3-7-23-8-14)29(17)18-20(30)25-11-26-21(18)31/h3-9,11-13H,10H2,1-2H3,(H2,25,26,30,31)/t12-,13-/m0/s1. The summed E-state index contributed by atoms with van der Waals surface area (Å²) in [4.78, 5) is 26.9. The molecule has 4 heterocycles. The summed E-state index contributed by atoms with van der Waals surface area (Å²) in [5.41, 5.74) is 0.0481. The molecule has 11 nitrogen and oxygen atoms in total. The molecule has 0 radical (unpaired) electrons. The molecule has 0 saturated carbocycles. The Bertz CT molecular complexity index is 1470. The average Bonchev–Trinajstić information content (AvgIpc) is 3.21. The molecule has 4 aromatic heterocycles. The first kappa shape index (κ1) is 23.5. The molecule has 0 bridgehead atoms. The zero-order chi connectivity index (χ0) is 24.5. The van der Waals surface area contributed by atoms with Crippen LogP contribution in [0.15, 0.2) is 54.0 Å². The number of nitrogens with one attached hydrogen (secondary N) is 1. The van der Waals surface area contributed by atoms with E-state index in [0.717, 1.165) is 6.33 Å². The lowest BCUT2D eigenvalue weighted by atomic mass is 10.0. The number of nitrogens with zero attached hydrogens (tertiary/aromatic N) is 6. The van der Waals surface area contributed by atoms with Gasteiger partial charge in [0.2, 0.25) is 5.88 Å². The third-order valence-corrected chi connectivity index (χ3v) is 7.93. The van der Waals surface area contributed by atoms with Crippen molar-refractivity contribution in [3.8, 4) is 23.0 Å². The van der Waals surface area contributed by atoms with Gasteiger partial charge in [0.1, 0.15) is 5.75 Å². The Kier molecular flexibility index (Phi) is 6.44. The van der Waals surface area contributed by atoms with Gasteiger partial charge in [-0.25, -0.2) is 13.4 Å². The maximum Gasteiger partial charge on any atom is 0.279 e. The molecule has 0 unspecified atom stereocenters. The molecular formula is C21H20ClN7O4S. The summed E-state index contributed by atoms with van der Waals surface area (Å²) >= 11 is 5.89. The highest BCUT2D eigenvalue weighted by atomic mass is 35.5. The first-order chi connectivity index (χ1) is 16.2. The minimum atomic E-state index is -3.82. The van der Waals surface area contributed by atoms with Gasteiger partial charge < -0.3 is 10.1 Å². The van der Waals surface area contributed by atoms with E-state index in [2.05, 4.69) is 30.1 Å². The molecule has 2 N–H and O–H groups in total. The summed E-state index contributed by atoms with van der Waals surface area (Å²) in [5.74, 6) is -1.53. The molecule has 0 saturated heterocycles. The van der Waals surface area contributed by atoms with E-state index in [4.69, 9.17) is 11.6 Å². The van der Waals surface area contributed by atoms with Crippen LogP contribution in [0.2, 0.25) is 5.02 Å². The van der Waals surface area contributed by atoms with Gasteiger partial charge in [0.05, 0.1) is 16.6 Å². The smallest absolute Gasteiger partial charge is 0.279 e. The van der Waals surface area contributed by atoms with Crippen LogP contribution < -0.4 is 5.56 Å². The van der Waals surface area contributed by atoms with Crippen LogP contribution in [0.1, 0.15) is 31.3 Å². The van der Waals surface area contributed by atoms with Crippen LogP contribution in [0.4, 0.5) is 0 Å². The molecule has 34 heavy (non-hydrogen) atoms. The van der Waals surface area contributed by atoms with Crippen molar-refractivity contribution in [2.75, 3.05) is 0 Å². The maximum absolute atomic E-state index is 13.4.